The van der Waals surface area contributed by atoms with Crippen molar-refractivity contribution in [3.63, 3.8) is 0 Å². The van der Waals surface area contributed by atoms with Gasteiger partial charge in [0.1, 0.15) is 5.75 Å². The van der Waals surface area contributed by atoms with Gasteiger partial charge in [-0.2, -0.15) is 0 Å². The van der Waals surface area contributed by atoms with Gasteiger partial charge in [-0.1, -0.05) is 0 Å². The van der Waals surface area contributed by atoms with Crippen molar-refractivity contribution in [2.45, 2.75) is 38.3 Å². The first-order valence-corrected chi connectivity index (χ1v) is 5.37. The Morgan fingerprint density at radius 2 is 2.00 bits per heavy atom. The maximum Gasteiger partial charge on any atom is 0.124 e. The number of hydrogen-bond donors (Lipinski definition) is 2. The van der Waals surface area contributed by atoms with Crippen LogP contribution in [0.25, 0.3) is 0 Å². The topological polar surface area (TPSA) is 61.3 Å². The molecule has 0 bridgehead atoms. The summed E-state index contributed by atoms with van der Waals surface area (Å²) in [5, 5.41) is 0. The summed E-state index contributed by atoms with van der Waals surface area (Å²) in [6.45, 7) is 4.02. The Hall–Kier alpha value is -1.22. The van der Waals surface area contributed by atoms with Gasteiger partial charge in [0.15, 0.2) is 0 Å². The first kappa shape index (κ1) is 10.3. The maximum atomic E-state index is 6.18. The number of anilines is 1. The van der Waals surface area contributed by atoms with Crippen molar-refractivity contribution in [2.24, 2.45) is 5.73 Å². The van der Waals surface area contributed by atoms with Gasteiger partial charge in [0, 0.05) is 16.8 Å². The molecule has 0 heterocycles. The van der Waals surface area contributed by atoms with Crippen molar-refractivity contribution in [2.75, 3.05) is 5.73 Å². The van der Waals surface area contributed by atoms with Crippen LogP contribution >= 0.6 is 0 Å². The number of ether oxygens (including phenoxy) is 1. The Morgan fingerprint density at radius 3 is 2.53 bits per heavy atom. The van der Waals surface area contributed by atoms with Crippen molar-refractivity contribution < 1.29 is 4.74 Å². The molecule has 1 aromatic carbocycles. The number of hydrogen-bond acceptors (Lipinski definition) is 3. The van der Waals surface area contributed by atoms with Crippen molar-refractivity contribution >= 4 is 5.69 Å². The molecular formula is C12H18N2O. The predicted molar refractivity (Wildman–Crippen MR) is 61.7 cm³/mol. The third-order valence-corrected chi connectivity index (χ3v) is 2.69. The van der Waals surface area contributed by atoms with Gasteiger partial charge in [0.2, 0.25) is 0 Å². The molecule has 0 radical (unpaired) electrons. The third kappa shape index (κ3) is 2.07. The van der Waals surface area contributed by atoms with Crippen molar-refractivity contribution in [3.8, 4) is 5.75 Å². The predicted octanol–water partition coefficient (Wildman–Crippen LogP) is 2.00. The van der Waals surface area contributed by atoms with Gasteiger partial charge in [-0.15, -0.1) is 0 Å². The highest BCUT2D eigenvalue weighted by Gasteiger charge is 2.42. The molecule has 0 aliphatic heterocycles. The average molecular weight is 206 g/mol. The number of nitrogen functional groups attached to an aromatic ring is 1. The number of benzene rings is 1. The maximum absolute atomic E-state index is 6.18. The molecule has 3 nitrogen and oxygen atoms in total. The lowest BCUT2D eigenvalue weighted by atomic mass is 10.0. The van der Waals surface area contributed by atoms with Gasteiger partial charge in [0.25, 0.3) is 0 Å². The summed E-state index contributed by atoms with van der Waals surface area (Å²) in [6, 6.07) is 5.70. The fourth-order valence-corrected chi connectivity index (χ4v) is 1.70. The van der Waals surface area contributed by atoms with Crippen LogP contribution in [-0.4, -0.2) is 6.10 Å². The molecule has 4 N–H and O–H groups in total. The van der Waals surface area contributed by atoms with E-state index < -0.39 is 0 Å². The van der Waals surface area contributed by atoms with E-state index in [-0.39, 0.29) is 11.6 Å². The molecule has 82 valence electrons. The molecule has 1 aliphatic carbocycles. The SMILES string of the molecule is CC(C)Oc1ccc(N)cc1C1(N)CC1. The van der Waals surface area contributed by atoms with Crippen molar-refractivity contribution in [1.82, 2.24) is 0 Å². The fraction of sp³-hybridized carbons (Fsp3) is 0.500. The second-order valence-corrected chi connectivity index (χ2v) is 4.58. The minimum Gasteiger partial charge on any atom is -0.491 e. The highest BCUT2D eigenvalue weighted by Crippen LogP contribution is 2.47. The van der Waals surface area contributed by atoms with Crippen LogP contribution in [0.2, 0.25) is 0 Å². The normalized spacial score (nSPS) is 17.9. The van der Waals surface area contributed by atoms with Crippen LogP contribution in [0, 0.1) is 0 Å². The summed E-state index contributed by atoms with van der Waals surface area (Å²) in [4.78, 5) is 0. The van der Waals surface area contributed by atoms with E-state index in [1.807, 2.05) is 32.0 Å². The largest absolute Gasteiger partial charge is 0.491 e. The summed E-state index contributed by atoms with van der Waals surface area (Å²) in [5.41, 5.74) is 13.6. The van der Waals surface area contributed by atoms with Gasteiger partial charge < -0.3 is 16.2 Å². The van der Waals surface area contributed by atoms with Crippen LogP contribution in [0.15, 0.2) is 18.2 Å². The third-order valence-electron chi connectivity index (χ3n) is 2.69. The van der Waals surface area contributed by atoms with Gasteiger partial charge in [-0.3, -0.25) is 0 Å². The van der Waals surface area contributed by atoms with Gasteiger partial charge >= 0.3 is 0 Å². The van der Waals surface area contributed by atoms with Crippen LogP contribution in [0.4, 0.5) is 5.69 Å². The second kappa shape index (κ2) is 3.42. The van der Waals surface area contributed by atoms with E-state index in [0.717, 1.165) is 29.8 Å². The summed E-state index contributed by atoms with van der Waals surface area (Å²) in [7, 11) is 0. The standard InChI is InChI=1S/C12H18N2O/c1-8(2)15-11-4-3-9(13)7-10(11)12(14)5-6-12/h3-4,7-8H,5-6,13-14H2,1-2H3. The zero-order valence-electron chi connectivity index (χ0n) is 9.29. The molecule has 1 fully saturated rings. The van der Waals surface area contributed by atoms with E-state index >= 15 is 0 Å². The van der Waals surface area contributed by atoms with E-state index in [0.29, 0.717) is 0 Å². The quantitative estimate of drug-likeness (QED) is 0.744. The van der Waals surface area contributed by atoms with Crippen molar-refractivity contribution in [1.29, 1.82) is 0 Å². The van der Waals surface area contributed by atoms with Crippen molar-refractivity contribution in [3.05, 3.63) is 23.8 Å². The molecule has 0 unspecified atom stereocenters. The van der Waals surface area contributed by atoms with E-state index in [1.54, 1.807) is 0 Å². The molecule has 15 heavy (non-hydrogen) atoms. The summed E-state index contributed by atoms with van der Waals surface area (Å²) < 4.78 is 5.73. The zero-order valence-corrected chi connectivity index (χ0v) is 9.29. The van der Waals surface area contributed by atoms with E-state index in [2.05, 4.69) is 0 Å². The minimum absolute atomic E-state index is 0.162. The average Bonchev–Trinajstić information content (AvgIpc) is 2.87. The smallest absolute Gasteiger partial charge is 0.124 e. The van der Waals surface area contributed by atoms with Gasteiger partial charge in [-0.05, 0) is 44.9 Å². The van der Waals surface area contributed by atoms with Crippen LogP contribution < -0.4 is 16.2 Å². The number of nitrogens with two attached hydrogens (primary N) is 2. The zero-order chi connectivity index (χ0) is 11.1. The lowest BCUT2D eigenvalue weighted by molar-refractivity contribution is 0.238. The highest BCUT2D eigenvalue weighted by atomic mass is 16.5. The molecule has 2 rings (SSSR count). The van der Waals surface area contributed by atoms with Crippen LogP contribution in [-0.2, 0) is 5.54 Å². The van der Waals surface area contributed by atoms with Crippen LogP contribution in [0.5, 0.6) is 5.75 Å². The van der Waals surface area contributed by atoms with E-state index in [1.165, 1.54) is 0 Å². The summed E-state index contributed by atoms with van der Waals surface area (Å²) in [6.07, 6.45) is 2.20. The number of rotatable bonds is 3. The van der Waals surface area contributed by atoms with Gasteiger partial charge in [-0.25, -0.2) is 0 Å². The van der Waals surface area contributed by atoms with Crippen LogP contribution in [0.3, 0.4) is 0 Å². The fourth-order valence-electron chi connectivity index (χ4n) is 1.70. The molecule has 0 amide bonds. The van der Waals surface area contributed by atoms with E-state index in [9.17, 15) is 0 Å². The first-order chi connectivity index (χ1) is 7.01. The summed E-state index contributed by atoms with van der Waals surface area (Å²) in [5.74, 6) is 0.874. The summed E-state index contributed by atoms with van der Waals surface area (Å²) >= 11 is 0. The second-order valence-electron chi connectivity index (χ2n) is 4.58. The van der Waals surface area contributed by atoms with E-state index in [4.69, 9.17) is 16.2 Å². The molecule has 0 saturated heterocycles. The molecule has 1 saturated carbocycles. The Morgan fingerprint density at radius 1 is 1.33 bits per heavy atom. The molecule has 3 heteroatoms. The molecular weight excluding hydrogens is 188 g/mol. The molecule has 0 atom stereocenters. The van der Waals surface area contributed by atoms with Crippen LogP contribution in [0.1, 0.15) is 32.3 Å². The Labute approximate surface area is 90.4 Å². The Kier molecular flexibility index (Phi) is 2.35. The monoisotopic (exact) mass is 206 g/mol. The molecule has 0 spiro atoms. The Bertz CT molecular complexity index is 370. The Balaban J connectivity index is 2.36. The minimum atomic E-state index is -0.195. The highest BCUT2D eigenvalue weighted by molar-refractivity contribution is 5.52. The molecule has 1 aromatic rings. The molecule has 0 aromatic heterocycles. The lowest BCUT2D eigenvalue weighted by Gasteiger charge is -2.18. The first-order valence-electron chi connectivity index (χ1n) is 5.37. The molecule has 1 aliphatic rings. The lowest BCUT2D eigenvalue weighted by Crippen LogP contribution is -2.21. The van der Waals surface area contributed by atoms with Gasteiger partial charge in [0.05, 0.1) is 6.10 Å².